The zero-order valence-corrected chi connectivity index (χ0v) is 20.9. The van der Waals surface area contributed by atoms with E-state index in [0.717, 1.165) is 4.31 Å². The fourth-order valence-electron chi connectivity index (χ4n) is 2.88. The van der Waals surface area contributed by atoms with Crippen LogP contribution in [0.1, 0.15) is 12.8 Å². The van der Waals surface area contributed by atoms with E-state index in [9.17, 15) is 21.6 Å². The Hall–Kier alpha value is -2.67. The number of methoxy groups -OCH3 is 2. The van der Waals surface area contributed by atoms with E-state index in [2.05, 4.69) is 5.32 Å². The molecule has 33 heavy (non-hydrogen) atoms. The number of ether oxygens (including phenoxy) is 2. The Labute approximate surface area is 195 Å². The van der Waals surface area contributed by atoms with Crippen molar-refractivity contribution in [3.8, 4) is 11.5 Å². The molecule has 182 valence electrons. The SMILES string of the molecule is COc1ccc(S(=O)(=O)N(C)CCCC(=O)Nc2cc(S(=O)(=O)N(C)C)ccc2OC)cc1. The van der Waals surface area contributed by atoms with Crippen molar-refractivity contribution < 1.29 is 31.1 Å². The van der Waals surface area contributed by atoms with E-state index >= 15 is 0 Å². The Morgan fingerprint density at radius 3 is 2.03 bits per heavy atom. The summed E-state index contributed by atoms with van der Waals surface area (Å²) in [7, 11) is -0.234. The van der Waals surface area contributed by atoms with E-state index in [4.69, 9.17) is 9.47 Å². The van der Waals surface area contributed by atoms with Crippen LogP contribution in [-0.4, -0.2) is 73.3 Å². The Balaban J connectivity index is 2.02. The van der Waals surface area contributed by atoms with Gasteiger partial charge in [-0.3, -0.25) is 4.79 Å². The topological polar surface area (TPSA) is 122 Å². The molecule has 2 aromatic rings. The lowest BCUT2D eigenvalue weighted by Gasteiger charge is -2.18. The lowest BCUT2D eigenvalue weighted by Crippen LogP contribution is -2.28. The number of amides is 1. The van der Waals surface area contributed by atoms with Gasteiger partial charge < -0.3 is 14.8 Å². The fraction of sp³-hybridized carbons (Fsp3) is 0.381. The third-order valence-electron chi connectivity index (χ3n) is 4.87. The molecule has 0 aromatic heterocycles. The van der Waals surface area contributed by atoms with Crippen LogP contribution in [0.15, 0.2) is 52.3 Å². The first-order valence-corrected chi connectivity index (χ1v) is 12.8. The van der Waals surface area contributed by atoms with Crippen molar-refractivity contribution in [2.45, 2.75) is 22.6 Å². The van der Waals surface area contributed by atoms with E-state index < -0.39 is 26.0 Å². The van der Waals surface area contributed by atoms with Crippen LogP contribution in [0.5, 0.6) is 11.5 Å². The van der Waals surface area contributed by atoms with E-state index in [-0.39, 0.29) is 34.9 Å². The quantitative estimate of drug-likeness (QED) is 0.502. The van der Waals surface area contributed by atoms with Crippen LogP contribution >= 0.6 is 0 Å². The molecular formula is C21H29N3O7S2. The van der Waals surface area contributed by atoms with Gasteiger partial charge >= 0.3 is 0 Å². The van der Waals surface area contributed by atoms with Gasteiger partial charge in [0.1, 0.15) is 11.5 Å². The van der Waals surface area contributed by atoms with E-state index in [1.54, 1.807) is 12.1 Å². The van der Waals surface area contributed by atoms with Gasteiger partial charge in [-0.15, -0.1) is 0 Å². The predicted octanol–water partition coefficient (Wildman–Crippen LogP) is 1.99. The molecule has 0 radical (unpaired) electrons. The minimum atomic E-state index is -3.71. The van der Waals surface area contributed by atoms with Gasteiger partial charge in [0.25, 0.3) is 0 Å². The summed E-state index contributed by atoms with van der Waals surface area (Å²) in [5.41, 5.74) is 0.213. The lowest BCUT2D eigenvalue weighted by molar-refractivity contribution is -0.116. The highest BCUT2D eigenvalue weighted by Crippen LogP contribution is 2.28. The molecule has 12 heteroatoms. The molecule has 0 unspecified atom stereocenters. The second-order valence-corrected chi connectivity index (χ2v) is 11.5. The highest BCUT2D eigenvalue weighted by Gasteiger charge is 2.22. The van der Waals surface area contributed by atoms with Gasteiger partial charge in [0, 0.05) is 34.1 Å². The average molecular weight is 500 g/mol. The predicted molar refractivity (Wildman–Crippen MR) is 125 cm³/mol. The zero-order valence-electron chi connectivity index (χ0n) is 19.2. The van der Waals surface area contributed by atoms with Crippen molar-refractivity contribution >= 4 is 31.6 Å². The first-order valence-electron chi connectivity index (χ1n) is 9.94. The highest BCUT2D eigenvalue weighted by atomic mass is 32.2. The molecule has 0 aliphatic heterocycles. The maximum absolute atomic E-state index is 12.7. The summed E-state index contributed by atoms with van der Waals surface area (Å²) >= 11 is 0. The third kappa shape index (κ3) is 6.44. The highest BCUT2D eigenvalue weighted by molar-refractivity contribution is 7.89. The summed E-state index contributed by atoms with van der Waals surface area (Å²) in [6, 6.07) is 10.2. The number of hydrogen-bond acceptors (Lipinski definition) is 7. The second kappa shape index (κ2) is 11.0. The Bertz CT molecular complexity index is 1180. The van der Waals surface area contributed by atoms with Crippen LogP contribution in [0.25, 0.3) is 0 Å². The summed E-state index contributed by atoms with van der Waals surface area (Å²) in [4.78, 5) is 12.6. The molecule has 0 bridgehead atoms. The molecule has 0 saturated carbocycles. The van der Waals surface area contributed by atoms with Crippen LogP contribution in [-0.2, 0) is 24.8 Å². The average Bonchev–Trinajstić information content (AvgIpc) is 2.78. The van der Waals surface area contributed by atoms with Crippen molar-refractivity contribution in [1.29, 1.82) is 0 Å². The van der Waals surface area contributed by atoms with Crippen molar-refractivity contribution in [2.75, 3.05) is 47.2 Å². The third-order valence-corrected chi connectivity index (χ3v) is 8.55. The second-order valence-electron chi connectivity index (χ2n) is 7.30. The van der Waals surface area contributed by atoms with Crippen molar-refractivity contribution in [1.82, 2.24) is 8.61 Å². The van der Waals surface area contributed by atoms with E-state index in [1.807, 2.05) is 0 Å². The summed E-state index contributed by atoms with van der Waals surface area (Å²) in [6.45, 7) is 0.119. The van der Waals surface area contributed by atoms with Gasteiger partial charge in [0.15, 0.2) is 0 Å². The van der Waals surface area contributed by atoms with E-state index in [1.165, 1.54) is 70.0 Å². The number of anilines is 1. The maximum atomic E-state index is 12.7. The molecule has 0 spiro atoms. The van der Waals surface area contributed by atoms with Crippen LogP contribution in [0.4, 0.5) is 5.69 Å². The van der Waals surface area contributed by atoms with Crippen molar-refractivity contribution in [2.24, 2.45) is 0 Å². The molecule has 2 rings (SSSR count). The largest absolute Gasteiger partial charge is 0.497 e. The molecule has 2 aromatic carbocycles. The molecule has 0 fully saturated rings. The molecule has 0 atom stereocenters. The molecule has 0 aliphatic carbocycles. The molecule has 1 amide bonds. The Morgan fingerprint density at radius 2 is 1.48 bits per heavy atom. The molecule has 0 heterocycles. The standard InChI is InChI=1S/C21H29N3O7S2/c1-23(2)32(26,27)18-12-13-20(31-5)19(15-18)22-21(25)7-6-14-24(3)33(28,29)17-10-8-16(30-4)9-11-17/h8-13,15H,6-7,14H2,1-5H3,(H,22,25). The van der Waals surface area contributed by atoms with Crippen molar-refractivity contribution in [3.63, 3.8) is 0 Å². The van der Waals surface area contributed by atoms with Crippen molar-refractivity contribution in [3.05, 3.63) is 42.5 Å². The van der Waals surface area contributed by atoms with Gasteiger partial charge in [0.2, 0.25) is 26.0 Å². The number of nitrogens with zero attached hydrogens (tertiary/aromatic N) is 2. The molecule has 10 nitrogen and oxygen atoms in total. The molecule has 0 aliphatic rings. The summed E-state index contributed by atoms with van der Waals surface area (Å²) < 4.78 is 62.6. The maximum Gasteiger partial charge on any atom is 0.242 e. The van der Waals surface area contributed by atoms with Crippen LogP contribution < -0.4 is 14.8 Å². The number of sulfonamides is 2. The van der Waals surface area contributed by atoms with Gasteiger partial charge in [-0.05, 0) is 48.9 Å². The number of benzene rings is 2. The lowest BCUT2D eigenvalue weighted by atomic mass is 10.2. The van der Waals surface area contributed by atoms with Gasteiger partial charge in [-0.1, -0.05) is 0 Å². The number of hydrogen-bond donors (Lipinski definition) is 1. The number of carbonyl (C=O) groups is 1. The van der Waals surface area contributed by atoms with Gasteiger partial charge in [-0.2, -0.15) is 0 Å². The first kappa shape index (κ1) is 26.6. The molecular weight excluding hydrogens is 470 g/mol. The van der Waals surface area contributed by atoms with E-state index in [0.29, 0.717) is 11.5 Å². The molecule has 1 N–H and O–H groups in total. The smallest absolute Gasteiger partial charge is 0.242 e. The minimum Gasteiger partial charge on any atom is -0.497 e. The Morgan fingerprint density at radius 1 is 0.879 bits per heavy atom. The number of rotatable bonds is 11. The van der Waals surface area contributed by atoms with Gasteiger partial charge in [-0.25, -0.2) is 25.4 Å². The van der Waals surface area contributed by atoms with Crippen LogP contribution in [0.2, 0.25) is 0 Å². The summed E-state index contributed by atoms with van der Waals surface area (Å²) in [6.07, 6.45) is 0.284. The van der Waals surface area contributed by atoms with Gasteiger partial charge in [0.05, 0.1) is 29.7 Å². The molecule has 0 saturated heterocycles. The zero-order chi connectivity index (χ0) is 24.8. The normalized spacial score (nSPS) is 12.1. The minimum absolute atomic E-state index is 0.00826. The van der Waals surface area contributed by atoms with Crippen LogP contribution in [0, 0.1) is 0 Å². The number of carbonyl (C=O) groups excluding carboxylic acids is 1. The van der Waals surface area contributed by atoms with Crippen LogP contribution in [0.3, 0.4) is 0 Å². The first-order chi connectivity index (χ1) is 15.4. The number of nitrogens with one attached hydrogen (secondary N) is 1. The Kier molecular flexibility index (Phi) is 8.83. The monoisotopic (exact) mass is 499 g/mol. The summed E-state index contributed by atoms with van der Waals surface area (Å²) in [5, 5.41) is 2.64. The summed E-state index contributed by atoms with van der Waals surface area (Å²) in [5.74, 6) is 0.453. The fourth-order valence-corrected chi connectivity index (χ4v) is 5.02.